The first-order chi connectivity index (χ1) is 12.4. The fourth-order valence-electron chi connectivity index (χ4n) is 2.20. The minimum atomic E-state index is -0.887. The molecule has 0 atom stereocenters. The van der Waals surface area contributed by atoms with Crippen LogP contribution in [0.5, 0.6) is 5.75 Å². The number of hydrogen-bond donors (Lipinski definition) is 1. The molecule has 0 aliphatic carbocycles. The van der Waals surface area contributed by atoms with E-state index in [1.165, 1.54) is 24.9 Å². The number of methoxy groups -OCH3 is 1. The van der Waals surface area contributed by atoms with E-state index in [-0.39, 0.29) is 11.5 Å². The highest BCUT2D eigenvalue weighted by atomic mass is 35.5. The Bertz CT molecular complexity index is 849. The zero-order chi connectivity index (χ0) is 19.1. The van der Waals surface area contributed by atoms with Crippen LogP contribution in [0.25, 0.3) is 6.08 Å². The Hall–Kier alpha value is -1.95. The Morgan fingerprint density at radius 2 is 2.00 bits per heavy atom. The van der Waals surface area contributed by atoms with Crippen molar-refractivity contribution in [3.63, 3.8) is 0 Å². The number of hydrogen-bond acceptors (Lipinski definition) is 4. The molecule has 26 heavy (non-hydrogen) atoms. The molecule has 0 radical (unpaired) electrons. The fraction of sp³-hybridized carbons (Fsp3) is 0.158. The fourth-order valence-corrected chi connectivity index (χ4v) is 3.30. The van der Waals surface area contributed by atoms with Crippen LogP contribution in [0, 0.1) is 0 Å². The molecule has 0 fully saturated rings. The van der Waals surface area contributed by atoms with Crippen LogP contribution in [0.4, 0.5) is 0 Å². The normalized spacial score (nSPS) is 10.9. The van der Waals surface area contributed by atoms with E-state index < -0.39 is 5.97 Å². The van der Waals surface area contributed by atoms with Crippen molar-refractivity contribution in [2.24, 2.45) is 0 Å². The summed E-state index contributed by atoms with van der Waals surface area (Å²) in [6, 6.07) is 10.3. The molecule has 0 amide bonds. The standard InChI is InChI=1S/C19H16Cl2O4S/c1-25-17-8-6-13(9-14(17)10-26-11-18(23)24)16(22)7-5-12-3-2-4-15(20)19(12)21/h2-9H,10-11H2,1H3,(H,23,24)/b7-5+. The highest BCUT2D eigenvalue weighted by Crippen LogP contribution is 2.27. The first kappa shape index (κ1) is 20.4. The van der Waals surface area contributed by atoms with E-state index >= 15 is 0 Å². The summed E-state index contributed by atoms with van der Waals surface area (Å²) in [7, 11) is 1.53. The minimum absolute atomic E-state index is 0.0193. The van der Waals surface area contributed by atoms with Crippen molar-refractivity contribution < 1.29 is 19.4 Å². The van der Waals surface area contributed by atoms with E-state index in [0.717, 1.165) is 5.56 Å². The lowest BCUT2D eigenvalue weighted by Gasteiger charge is -2.09. The number of thioether (sulfide) groups is 1. The molecule has 1 N–H and O–H groups in total. The molecule has 0 unspecified atom stereocenters. The smallest absolute Gasteiger partial charge is 0.313 e. The van der Waals surface area contributed by atoms with Gasteiger partial charge < -0.3 is 9.84 Å². The van der Waals surface area contributed by atoms with Gasteiger partial charge in [-0.15, -0.1) is 11.8 Å². The molecule has 0 saturated heterocycles. The van der Waals surface area contributed by atoms with Crippen molar-refractivity contribution in [2.45, 2.75) is 5.75 Å². The Morgan fingerprint density at radius 3 is 2.69 bits per heavy atom. The molecule has 2 aromatic carbocycles. The molecular weight excluding hydrogens is 395 g/mol. The summed E-state index contributed by atoms with van der Waals surface area (Å²) in [6.45, 7) is 0. The molecule has 2 rings (SSSR count). The highest BCUT2D eigenvalue weighted by molar-refractivity contribution is 7.99. The molecule has 2 aromatic rings. The van der Waals surface area contributed by atoms with Gasteiger partial charge in [0.15, 0.2) is 5.78 Å². The number of aliphatic carboxylic acids is 1. The zero-order valence-electron chi connectivity index (χ0n) is 13.9. The second-order valence-corrected chi connectivity index (χ2v) is 7.02. The number of carbonyl (C=O) groups is 2. The summed E-state index contributed by atoms with van der Waals surface area (Å²) in [5, 5.41) is 9.55. The molecule has 0 saturated carbocycles. The van der Waals surface area contributed by atoms with Gasteiger partial charge in [0.2, 0.25) is 0 Å². The summed E-state index contributed by atoms with van der Waals surface area (Å²) in [4.78, 5) is 23.1. The predicted molar refractivity (Wildman–Crippen MR) is 107 cm³/mol. The van der Waals surface area contributed by atoms with E-state index in [9.17, 15) is 9.59 Å². The Balaban J connectivity index is 2.18. The van der Waals surface area contributed by atoms with Gasteiger partial charge in [-0.1, -0.05) is 35.3 Å². The van der Waals surface area contributed by atoms with Gasteiger partial charge in [0.25, 0.3) is 0 Å². The minimum Gasteiger partial charge on any atom is -0.496 e. The summed E-state index contributed by atoms with van der Waals surface area (Å²) in [5.41, 5.74) is 1.89. The van der Waals surface area contributed by atoms with Crippen LogP contribution in [0.1, 0.15) is 21.5 Å². The van der Waals surface area contributed by atoms with Gasteiger partial charge in [-0.2, -0.15) is 0 Å². The average molecular weight is 411 g/mol. The molecule has 0 bridgehead atoms. The Labute approximate surface area is 165 Å². The van der Waals surface area contributed by atoms with Crippen molar-refractivity contribution in [3.05, 3.63) is 69.2 Å². The highest BCUT2D eigenvalue weighted by Gasteiger charge is 2.10. The molecule has 0 spiro atoms. The van der Waals surface area contributed by atoms with Gasteiger partial charge in [-0.05, 0) is 42.0 Å². The molecule has 7 heteroatoms. The maximum atomic E-state index is 12.4. The van der Waals surface area contributed by atoms with Crippen LogP contribution in [-0.2, 0) is 10.5 Å². The molecule has 0 aliphatic heterocycles. The van der Waals surface area contributed by atoms with E-state index in [0.29, 0.717) is 32.7 Å². The van der Waals surface area contributed by atoms with E-state index in [1.807, 2.05) is 0 Å². The maximum Gasteiger partial charge on any atom is 0.313 e. The van der Waals surface area contributed by atoms with Crippen molar-refractivity contribution >= 4 is 52.8 Å². The summed E-state index contributed by atoms with van der Waals surface area (Å²) >= 11 is 13.3. The number of rotatable bonds is 8. The molecule has 0 aliphatic rings. The van der Waals surface area contributed by atoms with Crippen LogP contribution in [-0.4, -0.2) is 29.7 Å². The third-order valence-electron chi connectivity index (χ3n) is 3.44. The van der Waals surface area contributed by atoms with Gasteiger partial charge >= 0.3 is 5.97 Å². The molecule has 4 nitrogen and oxygen atoms in total. The third-order valence-corrected chi connectivity index (χ3v) is 5.24. The lowest BCUT2D eigenvalue weighted by molar-refractivity contribution is -0.133. The van der Waals surface area contributed by atoms with Crippen molar-refractivity contribution in [1.29, 1.82) is 0 Å². The molecular formula is C19H16Cl2O4S. The lowest BCUT2D eigenvalue weighted by atomic mass is 10.1. The third kappa shape index (κ3) is 5.53. The van der Waals surface area contributed by atoms with Crippen LogP contribution < -0.4 is 4.74 Å². The van der Waals surface area contributed by atoms with Crippen molar-refractivity contribution in [2.75, 3.05) is 12.9 Å². The van der Waals surface area contributed by atoms with Crippen molar-refractivity contribution in [1.82, 2.24) is 0 Å². The average Bonchev–Trinajstić information content (AvgIpc) is 2.62. The van der Waals surface area contributed by atoms with Crippen LogP contribution in [0.3, 0.4) is 0 Å². The number of benzene rings is 2. The monoisotopic (exact) mass is 410 g/mol. The quantitative estimate of drug-likeness (QED) is 0.477. The van der Waals surface area contributed by atoms with Crippen LogP contribution >= 0.6 is 35.0 Å². The van der Waals surface area contributed by atoms with Crippen LogP contribution in [0.2, 0.25) is 10.0 Å². The summed E-state index contributed by atoms with van der Waals surface area (Å²) < 4.78 is 5.27. The SMILES string of the molecule is COc1ccc(C(=O)/C=C/c2cccc(Cl)c2Cl)cc1CSCC(=O)O. The molecule has 0 aromatic heterocycles. The summed E-state index contributed by atoms with van der Waals surface area (Å²) in [6.07, 6.45) is 3.03. The molecule has 0 heterocycles. The first-order valence-electron chi connectivity index (χ1n) is 7.55. The lowest BCUT2D eigenvalue weighted by Crippen LogP contribution is -2.01. The van der Waals surface area contributed by atoms with Gasteiger partial charge in [-0.3, -0.25) is 9.59 Å². The number of carboxylic acids is 1. The number of carbonyl (C=O) groups excluding carboxylic acids is 1. The zero-order valence-corrected chi connectivity index (χ0v) is 16.2. The number of halogens is 2. The van der Waals surface area contributed by atoms with E-state index in [1.54, 1.807) is 42.5 Å². The topological polar surface area (TPSA) is 63.6 Å². The number of allylic oxidation sites excluding steroid dienone is 1. The first-order valence-corrected chi connectivity index (χ1v) is 9.46. The second-order valence-electron chi connectivity index (χ2n) is 5.25. The summed E-state index contributed by atoms with van der Waals surface area (Å²) in [5.74, 6) is -0.0634. The van der Waals surface area contributed by atoms with E-state index in [4.69, 9.17) is 33.0 Å². The molecule has 136 valence electrons. The maximum absolute atomic E-state index is 12.4. The number of carboxylic acid groups (broad SMARTS) is 1. The van der Waals surface area contributed by atoms with Gasteiger partial charge in [0.05, 0.1) is 22.9 Å². The Kier molecular flexibility index (Phi) is 7.57. The largest absolute Gasteiger partial charge is 0.496 e. The van der Waals surface area contributed by atoms with Gasteiger partial charge in [0.1, 0.15) is 5.75 Å². The second kappa shape index (κ2) is 9.67. The Morgan fingerprint density at radius 1 is 1.23 bits per heavy atom. The number of ether oxygens (including phenoxy) is 1. The van der Waals surface area contributed by atoms with Crippen molar-refractivity contribution in [3.8, 4) is 5.75 Å². The van der Waals surface area contributed by atoms with E-state index in [2.05, 4.69) is 0 Å². The number of ketones is 1. The van der Waals surface area contributed by atoms with Crippen LogP contribution in [0.15, 0.2) is 42.5 Å². The predicted octanol–water partition coefficient (Wildman–Crippen LogP) is 5.22. The van der Waals surface area contributed by atoms with Gasteiger partial charge in [-0.25, -0.2) is 0 Å². The van der Waals surface area contributed by atoms with Gasteiger partial charge in [0, 0.05) is 16.9 Å².